The van der Waals surface area contributed by atoms with Gasteiger partial charge >= 0.3 is 6.36 Å². The van der Waals surface area contributed by atoms with Gasteiger partial charge in [0.1, 0.15) is 5.75 Å². The highest BCUT2D eigenvalue weighted by atomic mass is 19.4. The summed E-state index contributed by atoms with van der Waals surface area (Å²) < 4.78 is 40.0. The lowest BCUT2D eigenvalue weighted by molar-refractivity contribution is -0.274. The first-order valence-electron chi connectivity index (χ1n) is 6.06. The zero-order chi connectivity index (χ0) is 13.9. The van der Waals surface area contributed by atoms with E-state index >= 15 is 0 Å². The van der Waals surface area contributed by atoms with Crippen molar-refractivity contribution in [1.82, 2.24) is 0 Å². The first-order valence-corrected chi connectivity index (χ1v) is 6.06. The molecule has 0 aromatic heterocycles. The van der Waals surface area contributed by atoms with Crippen LogP contribution in [-0.4, -0.2) is 6.36 Å². The van der Waals surface area contributed by atoms with E-state index in [4.69, 9.17) is 0 Å². The van der Waals surface area contributed by atoms with E-state index in [1.165, 1.54) is 12.1 Å². The van der Waals surface area contributed by atoms with Gasteiger partial charge in [0, 0.05) is 0 Å². The Bertz CT molecular complexity index is 358. The van der Waals surface area contributed by atoms with Crippen LogP contribution in [0.2, 0.25) is 0 Å². The number of hydrogen-bond donors (Lipinski definition) is 0. The van der Waals surface area contributed by atoms with Gasteiger partial charge < -0.3 is 4.74 Å². The molecule has 18 heavy (non-hydrogen) atoms. The molecule has 0 atom stereocenters. The van der Waals surface area contributed by atoms with Crippen LogP contribution in [0.15, 0.2) is 24.3 Å². The molecule has 0 aliphatic heterocycles. The summed E-state index contributed by atoms with van der Waals surface area (Å²) in [6, 6.07) is 6.18. The lowest BCUT2D eigenvalue weighted by atomic mass is 9.80. The maximum Gasteiger partial charge on any atom is 0.573 e. The van der Waals surface area contributed by atoms with Crippen LogP contribution in [-0.2, 0) is 0 Å². The summed E-state index contributed by atoms with van der Waals surface area (Å²) >= 11 is 0. The third-order valence-electron chi connectivity index (χ3n) is 2.94. The molecule has 102 valence electrons. The Balaban J connectivity index is 2.87. The van der Waals surface area contributed by atoms with Gasteiger partial charge in [0.15, 0.2) is 0 Å². The molecular weight excluding hydrogens is 241 g/mol. The van der Waals surface area contributed by atoms with Gasteiger partial charge in [-0.15, -0.1) is 13.2 Å². The van der Waals surface area contributed by atoms with E-state index < -0.39 is 6.36 Å². The predicted octanol–water partition coefficient (Wildman–Crippen LogP) is 4.98. The number of ether oxygens (including phenoxy) is 1. The number of alkyl halides is 3. The smallest absolute Gasteiger partial charge is 0.406 e. The molecular formula is C14H19F3O. The molecule has 0 saturated carbocycles. The van der Waals surface area contributed by atoms with Crippen LogP contribution in [0.3, 0.4) is 0 Å². The van der Waals surface area contributed by atoms with Gasteiger partial charge in [-0.3, -0.25) is 0 Å². The molecule has 0 aliphatic rings. The summed E-state index contributed by atoms with van der Waals surface area (Å²) in [6.07, 6.45) is -4.63. The number of rotatable bonds is 4. The zero-order valence-corrected chi connectivity index (χ0v) is 11.1. The normalized spacial score (nSPS) is 12.6. The lowest BCUT2D eigenvalue weighted by Gasteiger charge is -2.25. The van der Waals surface area contributed by atoms with Crippen LogP contribution in [0.5, 0.6) is 5.75 Å². The fraction of sp³-hybridized carbons (Fsp3) is 0.571. The molecule has 1 nitrogen and oxygen atoms in total. The molecule has 0 radical (unpaired) electrons. The SMILES string of the molecule is CC(C)C(c1ccc(OC(F)(F)F)cc1)C(C)C. The Kier molecular flexibility index (Phi) is 4.65. The van der Waals surface area contributed by atoms with Crippen LogP contribution < -0.4 is 4.74 Å². The van der Waals surface area contributed by atoms with Gasteiger partial charge in [-0.05, 0) is 35.4 Å². The zero-order valence-electron chi connectivity index (χ0n) is 11.1. The Labute approximate surface area is 106 Å². The Morgan fingerprint density at radius 2 is 1.33 bits per heavy atom. The molecule has 4 heteroatoms. The lowest BCUT2D eigenvalue weighted by Crippen LogP contribution is -2.17. The summed E-state index contributed by atoms with van der Waals surface area (Å²) in [5.74, 6) is 1.06. The number of halogens is 3. The van der Waals surface area contributed by atoms with Crippen molar-refractivity contribution in [2.45, 2.75) is 40.0 Å². The minimum Gasteiger partial charge on any atom is -0.406 e. The summed E-state index contributed by atoms with van der Waals surface area (Å²) in [6.45, 7) is 8.46. The average molecular weight is 260 g/mol. The van der Waals surface area contributed by atoms with Gasteiger partial charge in [0.05, 0.1) is 0 Å². The molecule has 0 aliphatic carbocycles. The highest BCUT2D eigenvalue weighted by Crippen LogP contribution is 2.33. The van der Waals surface area contributed by atoms with Crippen LogP contribution in [0.25, 0.3) is 0 Å². The van der Waals surface area contributed by atoms with Gasteiger partial charge in [-0.2, -0.15) is 0 Å². The molecule has 0 fully saturated rings. The van der Waals surface area contributed by atoms with E-state index in [0.29, 0.717) is 17.8 Å². The molecule has 0 bridgehead atoms. The second-order valence-electron chi connectivity index (χ2n) is 5.13. The first kappa shape index (κ1) is 14.9. The molecule has 0 amide bonds. The van der Waals surface area contributed by atoms with Crippen LogP contribution in [0.1, 0.15) is 39.2 Å². The van der Waals surface area contributed by atoms with Gasteiger partial charge in [0.2, 0.25) is 0 Å². The molecule has 0 N–H and O–H groups in total. The Hall–Kier alpha value is -1.19. The first-order chi connectivity index (χ1) is 8.20. The predicted molar refractivity (Wildman–Crippen MR) is 65.5 cm³/mol. The van der Waals surface area contributed by atoms with Gasteiger partial charge in [-0.1, -0.05) is 39.8 Å². The quantitative estimate of drug-likeness (QED) is 0.741. The molecule has 0 heterocycles. The van der Waals surface area contributed by atoms with Crippen molar-refractivity contribution in [3.05, 3.63) is 29.8 Å². The minimum atomic E-state index is -4.63. The van der Waals surface area contributed by atoms with Gasteiger partial charge in [-0.25, -0.2) is 0 Å². The van der Waals surface area contributed by atoms with E-state index in [-0.39, 0.29) is 5.75 Å². The van der Waals surface area contributed by atoms with E-state index in [2.05, 4.69) is 32.4 Å². The van der Waals surface area contributed by atoms with Crippen LogP contribution in [0, 0.1) is 11.8 Å². The third kappa shape index (κ3) is 4.24. The largest absolute Gasteiger partial charge is 0.573 e. The molecule has 1 aromatic rings. The van der Waals surface area contributed by atoms with Gasteiger partial charge in [0.25, 0.3) is 0 Å². The van der Waals surface area contributed by atoms with E-state index in [0.717, 1.165) is 5.56 Å². The van der Waals surface area contributed by atoms with Crippen molar-refractivity contribution in [3.8, 4) is 5.75 Å². The molecule has 0 spiro atoms. The minimum absolute atomic E-state index is 0.169. The highest BCUT2D eigenvalue weighted by molar-refractivity contribution is 5.30. The fourth-order valence-corrected chi connectivity index (χ4v) is 2.43. The van der Waals surface area contributed by atoms with Crippen molar-refractivity contribution in [3.63, 3.8) is 0 Å². The van der Waals surface area contributed by atoms with Crippen LogP contribution >= 0.6 is 0 Å². The molecule has 1 rings (SSSR count). The summed E-state index contributed by atoms with van der Waals surface area (Å²) in [5, 5.41) is 0. The molecule has 0 saturated heterocycles. The van der Waals surface area contributed by atoms with Crippen molar-refractivity contribution in [1.29, 1.82) is 0 Å². The standard InChI is InChI=1S/C14H19F3O/c1-9(2)13(10(3)4)11-5-7-12(8-6-11)18-14(15,16)17/h5-10,13H,1-4H3. The van der Waals surface area contributed by atoms with E-state index in [9.17, 15) is 13.2 Å². The van der Waals surface area contributed by atoms with Crippen molar-refractivity contribution < 1.29 is 17.9 Å². The monoisotopic (exact) mass is 260 g/mol. The van der Waals surface area contributed by atoms with Crippen molar-refractivity contribution in [2.24, 2.45) is 11.8 Å². The second kappa shape index (κ2) is 5.63. The average Bonchev–Trinajstić information content (AvgIpc) is 2.17. The van der Waals surface area contributed by atoms with Crippen molar-refractivity contribution in [2.75, 3.05) is 0 Å². The summed E-state index contributed by atoms with van der Waals surface area (Å²) in [5.41, 5.74) is 1.05. The topological polar surface area (TPSA) is 9.23 Å². The molecule has 1 aromatic carbocycles. The highest BCUT2D eigenvalue weighted by Gasteiger charge is 2.31. The summed E-state index contributed by atoms with van der Waals surface area (Å²) in [4.78, 5) is 0. The Morgan fingerprint density at radius 1 is 0.889 bits per heavy atom. The number of hydrogen-bond acceptors (Lipinski definition) is 1. The van der Waals surface area contributed by atoms with Crippen molar-refractivity contribution >= 4 is 0 Å². The number of benzene rings is 1. The Morgan fingerprint density at radius 3 is 1.67 bits per heavy atom. The van der Waals surface area contributed by atoms with Crippen LogP contribution in [0.4, 0.5) is 13.2 Å². The molecule has 0 unspecified atom stereocenters. The van der Waals surface area contributed by atoms with E-state index in [1.54, 1.807) is 12.1 Å². The maximum absolute atomic E-state index is 12.0. The second-order valence-corrected chi connectivity index (χ2v) is 5.13. The summed E-state index contributed by atoms with van der Waals surface area (Å²) in [7, 11) is 0. The third-order valence-corrected chi connectivity index (χ3v) is 2.94. The van der Waals surface area contributed by atoms with E-state index in [1.807, 2.05) is 0 Å². The maximum atomic E-state index is 12.0. The fourth-order valence-electron chi connectivity index (χ4n) is 2.43.